The van der Waals surface area contributed by atoms with E-state index in [0.29, 0.717) is 22.3 Å². The zero-order valence-corrected chi connectivity index (χ0v) is 15.9. The zero-order chi connectivity index (χ0) is 21.1. The van der Waals surface area contributed by atoms with Crippen molar-refractivity contribution in [1.82, 2.24) is 0 Å². The molecule has 29 heavy (non-hydrogen) atoms. The molecule has 1 aromatic heterocycles. The van der Waals surface area contributed by atoms with Gasteiger partial charge in [0.15, 0.2) is 6.10 Å². The van der Waals surface area contributed by atoms with E-state index in [4.69, 9.17) is 13.9 Å². The van der Waals surface area contributed by atoms with Crippen LogP contribution in [0, 0.1) is 17.0 Å². The van der Waals surface area contributed by atoms with Gasteiger partial charge < -0.3 is 19.2 Å². The van der Waals surface area contributed by atoms with E-state index in [1.54, 1.807) is 31.2 Å². The Morgan fingerprint density at radius 1 is 1.21 bits per heavy atom. The van der Waals surface area contributed by atoms with Gasteiger partial charge in [-0.1, -0.05) is 12.1 Å². The number of benzene rings is 2. The number of esters is 1. The topological polar surface area (TPSA) is 121 Å². The van der Waals surface area contributed by atoms with Gasteiger partial charge in [-0.25, -0.2) is 4.79 Å². The van der Waals surface area contributed by atoms with E-state index in [1.165, 1.54) is 32.2 Å². The monoisotopic (exact) mass is 398 g/mol. The normalized spacial score (nSPS) is 11.7. The lowest BCUT2D eigenvalue weighted by molar-refractivity contribution is -0.383. The first-order chi connectivity index (χ1) is 13.8. The summed E-state index contributed by atoms with van der Waals surface area (Å²) in [7, 11) is 1.53. The summed E-state index contributed by atoms with van der Waals surface area (Å²) in [6.45, 7) is 3.06. The minimum Gasteiger partial charge on any atom is -0.497 e. The summed E-state index contributed by atoms with van der Waals surface area (Å²) in [5, 5.41) is 14.1. The van der Waals surface area contributed by atoms with E-state index in [-0.39, 0.29) is 17.1 Å². The van der Waals surface area contributed by atoms with Gasteiger partial charge in [-0.3, -0.25) is 14.9 Å². The number of carbonyl (C=O) groups excluding carboxylic acids is 2. The first kappa shape index (κ1) is 19.9. The minimum absolute atomic E-state index is 0.0115. The summed E-state index contributed by atoms with van der Waals surface area (Å²) in [5.41, 5.74) is 0.779. The van der Waals surface area contributed by atoms with Crippen LogP contribution in [0.4, 0.5) is 11.4 Å². The van der Waals surface area contributed by atoms with Crippen LogP contribution in [0.15, 0.2) is 46.9 Å². The molecule has 1 amide bonds. The molecule has 0 unspecified atom stereocenters. The molecule has 1 atom stereocenters. The number of amides is 1. The third-order valence-electron chi connectivity index (χ3n) is 4.34. The lowest BCUT2D eigenvalue weighted by Crippen LogP contribution is -2.30. The number of nitrogens with one attached hydrogen (secondary N) is 1. The molecule has 0 aliphatic carbocycles. The first-order valence-electron chi connectivity index (χ1n) is 8.64. The number of hydrogen-bond donors (Lipinski definition) is 1. The summed E-state index contributed by atoms with van der Waals surface area (Å²) in [6, 6.07) is 10.8. The summed E-state index contributed by atoms with van der Waals surface area (Å²) >= 11 is 0. The van der Waals surface area contributed by atoms with Crippen LogP contribution in [-0.2, 0) is 9.53 Å². The molecular weight excluding hydrogens is 380 g/mol. The van der Waals surface area contributed by atoms with Gasteiger partial charge in [0.1, 0.15) is 17.0 Å². The van der Waals surface area contributed by atoms with Gasteiger partial charge in [0.2, 0.25) is 5.76 Å². The Balaban J connectivity index is 1.75. The predicted octanol–water partition coefficient (Wildman–Crippen LogP) is 3.84. The van der Waals surface area contributed by atoms with Gasteiger partial charge in [0.25, 0.3) is 11.6 Å². The highest BCUT2D eigenvalue weighted by Gasteiger charge is 2.25. The smallest absolute Gasteiger partial charge is 0.375 e. The lowest BCUT2D eigenvalue weighted by Gasteiger charge is -2.13. The fraction of sp³-hybridized carbons (Fsp3) is 0.200. The van der Waals surface area contributed by atoms with E-state index in [1.807, 2.05) is 0 Å². The molecular formula is C20H18N2O7. The highest BCUT2D eigenvalue weighted by molar-refractivity contribution is 6.00. The highest BCUT2D eigenvalue weighted by atomic mass is 16.6. The van der Waals surface area contributed by atoms with Crippen LogP contribution in [0.5, 0.6) is 5.75 Å². The molecule has 0 fully saturated rings. The van der Waals surface area contributed by atoms with Crippen molar-refractivity contribution in [2.75, 3.05) is 12.4 Å². The van der Waals surface area contributed by atoms with Crippen LogP contribution in [0.3, 0.4) is 0 Å². The van der Waals surface area contributed by atoms with Gasteiger partial charge >= 0.3 is 5.97 Å². The molecule has 0 aliphatic rings. The molecule has 9 heteroatoms. The molecule has 3 aromatic rings. The zero-order valence-electron chi connectivity index (χ0n) is 15.9. The Kier molecular flexibility index (Phi) is 5.49. The number of anilines is 1. The number of nitro benzene ring substituents is 1. The number of aryl methyl sites for hydroxylation is 1. The van der Waals surface area contributed by atoms with Crippen LogP contribution in [-0.4, -0.2) is 30.0 Å². The third kappa shape index (κ3) is 4.03. The quantitative estimate of drug-likeness (QED) is 0.380. The Bertz CT molecular complexity index is 1100. The van der Waals surface area contributed by atoms with Crippen LogP contribution >= 0.6 is 0 Å². The molecule has 0 bridgehead atoms. The molecule has 2 aromatic carbocycles. The molecule has 150 valence electrons. The van der Waals surface area contributed by atoms with Crippen molar-refractivity contribution in [1.29, 1.82) is 0 Å². The Morgan fingerprint density at radius 3 is 2.62 bits per heavy atom. The Labute approximate surface area is 165 Å². The van der Waals surface area contributed by atoms with Gasteiger partial charge in [-0.05, 0) is 38.1 Å². The number of carbonyl (C=O) groups is 2. The summed E-state index contributed by atoms with van der Waals surface area (Å²) in [5.74, 6) is -0.942. The van der Waals surface area contributed by atoms with Crippen molar-refractivity contribution in [2.24, 2.45) is 0 Å². The molecule has 0 spiro atoms. The van der Waals surface area contributed by atoms with E-state index in [2.05, 4.69) is 5.32 Å². The van der Waals surface area contributed by atoms with Crippen LogP contribution in [0.2, 0.25) is 0 Å². The minimum atomic E-state index is -1.20. The van der Waals surface area contributed by atoms with Crippen molar-refractivity contribution in [3.8, 4) is 5.75 Å². The largest absolute Gasteiger partial charge is 0.497 e. The second-order valence-electron chi connectivity index (χ2n) is 6.23. The van der Waals surface area contributed by atoms with Crippen molar-refractivity contribution in [2.45, 2.75) is 20.0 Å². The van der Waals surface area contributed by atoms with Crippen molar-refractivity contribution in [3.63, 3.8) is 0 Å². The SMILES string of the molecule is COc1ccc2oc(C(=O)O[C@H](C)C(=O)Nc3ccccc3[N+](=O)[O-])c(C)c2c1. The van der Waals surface area contributed by atoms with Crippen molar-refractivity contribution < 1.29 is 28.4 Å². The van der Waals surface area contributed by atoms with Crippen LogP contribution < -0.4 is 10.1 Å². The number of ether oxygens (including phenoxy) is 2. The molecule has 1 N–H and O–H groups in total. The fourth-order valence-electron chi connectivity index (χ4n) is 2.76. The molecule has 0 aliphatic heterocycles. The molecule has 1 heterocycles. The Morgan fingerprint density at radius 2 is 1.93 bits per heavy atom. The highest BCUT2D eigenvalue weighted by Crippen LogP contribution is 2.29. The Hall–Kier alpha value is -3.88. The number of hydrogen-bond acceptors (Lipinski definition) is 7. The average molecular weight is 398 g/mol. The number of methoxy groups -OCH3 is 1. The molecule has 0 saturated carbocycles. The summed E-state index contributed by atoms with van der Waals surface area (Å²) in [4.78, 5) is 35.3. The van der Waals surface area contributed by atoms with E-state index in [0.717, 1.165) is 0 Å². The van der Waals surface area contributed by atoms with E-state index < -0.39 is 22.9 Å². The van der Waals surface area contributed by atoms with Gasteiger partial charge in [-0.2, -0.15) is 0 Å². The molecule has 9 nitrogen and oxygen atoms in total. The standard InChI is InChI=1S/C20H18N2O7/c1-11-14-10-13(27-3)8-9-17(14)29-18(11)20(24)28-12(2)19(23)21-15-6-4-5-7-16(15)22(25)26/h4-10,12H,1-3H3,(H,21,23)/t12-/m1/s1. The van der Waals surface area contributed by atoms with Crippen LogP contribution in [0.25, 0.3) is 11.0 Å². The van der Waals surface area contributed by atoms with Crippen LogP contribution in [0.1, 0.15) is 23.0 Å². The fourth-order valence-corrected chi connectivity index (χ4v) is 2.76. The summed E-state index contributed by atoms with van der Waals surface area (Å²) < 4.78 is 15.9. The number of nitrogens with zero attached hydrogens (tertiary/aromatic N) is 1. The maximum atomic E-state index is 12.5. The second kappa shape index (κ2) is 8.01. The van der Waals surface area contributed by atoms with Gasteiger partial charge in [-0.15, -0.1) is 0 Å². The molecule has 0 saturated heterocycles. The maximum Gasteiger partial charge on any atom is 0.375 e. The number of nitro groups is 1. The summed E-state index contributed by atoms with van der Waals surface area (Å²) in [6.07, 6.45) is -1.20. The molecule has 3 rings (SSSR count). The van der Waals surface area contributed by atoms with E-state index in [9.17, 15) is 19.7 Å². The van der Waals surface area contributed by atoms with Crippen molar-refractivity contribution >= 4 is 34.2 Å². The average Bonchev–Trinajstić information content (AvgIpc) is 3.04. The predicted molar refractivity (Wildman–Crippen MR) is 104 cm³/mol. The maximum absolute atomic E-state index is 12.5. The van der Waals surface area contributed by atoms with Crippen molar-refractivity contribution in [3.05, 3.63) is 63.9 Å². The number of fused-ring (bicyclic) bond motifs is 1. The lowest BCUT2D eigenvalue weighted by atomic mass is 10.1. The number of rotatable bonds is 6. The van der Waals surface area contributed by atoms with Gasteiger partial charge in [0, 0.05) is 17.0 Å². The van der Waals surface area contributed by atoms with Gasteiger partial charge in [0.05, 0.1) is 12.0 Å². The number of furan rings is 1. The molecule has 0 radical (unpaired) electrons. The third-order valence-corrected chi connectivity index (χ3v) is 4.34. The van der Waals surface area contributed by atoms with E-state index >= 15 is 0 Å². The number of para-hydroxylation sites is 2. The first-order valence-corrected chi connectivity index (χ1v) is 8.64. The second-order valence-corrected chi connectivity index (χ2v) is 6.23.